The molecule has 0 spiro atoms. The molecule has 2 aromatic carbocycles. The van der Waals surface area contributed by atoms with Crippen LogP contribution in [-0.2, 0) is 18.0 Å². The lowest BCUT2D eigenvalue weighted by atomic mass is 10.1. The predicted molar refractivity (Wildman–Crippen MR) is 147 cm³/mol. The van der Waals surface area contributed by atoms with Gasteiger partial charge in [0.15, 0.2) is 11.5 Å². The van der Waals surface area contributed by atoms with Crippen LogP contribution in [0, 0.1) is 11.8 Å². The van der Waals surface area contributed by atoms with Crippen molar-refractivity contribution in [2.24, 2.45) is 11.8 Å². The lowest BCUT2D eigenvalue weighted by molar-refractivity contribution is 0.0727. The number of nitrogens with zero attached hydrogens (tertiary/aromatic N) is 2. The van der Waals surface area contributed by atoms with E-state index in [1.165, 1.54) is 51.4 Å². The van der Waals surface area contributed by atoms with Crippen LogP contribution in [0.1, 0.15) is 62.9 Å². The Labute approximate surface area is 229 Å². The average Bonchev–Trinajstić information content (AvgIpc) is 3.80. The lowest BCUT2D eigenvalue weighted by Crippen LogP contribution is -2.07. The minimum atomic E-state index is 0.290. The zero-order valence-electron chi connectivity index (χ0n) is 22.3. The van der Waals surface area contributed by atoms with E-state index in [0.717, 1.165) is 47.2 Å². The van der Waals surface area contributed by atoms with Crippen molar-refractivity contribution < 1.29 is 23.3 Å². The molecule has 0 radical (unpaired) electrons. The second-order valence-electron chi connectivity index (χ2n) is 10.8. The molecule has 0 bridgehead atoms. The summed E-state index contributed by atoms with van der Waals surface area (Å²) in [5, 5.41) is 8.39. The Morgan fingerprint density at radius 2 is 1.00 bits per heavy atom. The molecule has 0 N–H and O–H groups in total. The van der Waals surface area contributed by atoms with Crippen LogP contribution in [0.3, 0.4) is 0 Å². The third kappa shape index (κ3) is 6.90. The van der Waals surface area contributed by atoms with Crippen LogP contribution in [0.2, 0.25) is 0 Å². The standard InChI is InChI=1S/C32H36N2O5/c1-2-6-23(5-1)19-36-27-13-9-25(10-14-27)31-17-29(38-33-31)21-35-22-30-18-32(34-39-30)26-11-15-28(16-12-26)37-20-24-7-3-4-8-24/h9-18,23-24H,1-8,19-22H2. The maximum atomic E-state index is 5.96. The van der Waals surface area contributed by atoms with Crippen molar-refractivity contribution >= 4 is 0 Å². The Hall–Kier alpha value is -3.58. The molecule has 0 atom stereocenters. The van der Waals surface area contributed by atoms with Crippen molar-refractivity contribution in [2.45, 2.75) is 64.6 Å². The summed E-state index contributed by atoms with van der Waals surface area (Å²) in [5.74, 6) is 4.49. The largest absolute Gasteiger partial charge is 0.493 e. The molecule has 2 aliphatic rings. The SMILES string of the molecule is c1cc(-c2cc(COCc3cc(-c4ccc(OCC5CCCC5)cc4)no3)on2)ccc1OCC1CCCC1. The Bertz CT molecular complexity index is 1200. The zero-order valence-corrected chi connectivity index (χ0v) is 22.3. The first kappa shape index (κ1) is 25.7. The van der Waals surface area contributed by atoms with Crippen LogP contribution in [0.4, 0.5) is 0 Å². The number of aromatic nitrogens is 2. The van der Waals surface area contributed by atoms with Gasteiger partial charge in [-0.3, -0.25) is 0 Å². The number of ether oxygens (including phenoxy) is 3. The summed E-state index contributed by atoms with van der Waals surface area (Å²) >= 11 is 0. The Morgan fingerprint density at radius 3 is 1.41 bits per heavy atom. The maximum absolute atomic E-state index is 5.96. The molecule has 4 aromatic rings. The molecule has 2 saturated carbocycles. The Kier molecular flexibility index (Phi) is 8.24. The molecule has 2 fully saturated rings. The molecule has 0 aliphatic heterocycles. The average molecular weight is 529 g/mol. The number of hydrogen-bond donors (Lipinski definition) is 0. The first-order valence-electron chi connectivity index (χ1n) is 14.2. The van der Waals surface area contributed by atoms with Crippen molar-refractivity contribution in [3.05, 3.63) is 72.2 Å². The third-order valence-corrected chi connectivity index (χ3v) is 7.83. The van der Waals surface area contributed by atoms with Gasteiger partial charge >= 0.3 is 0 Å². The zero-order chi connectivity index (χ0) is 26.3. The first-order valence-corrected chi connectivity index (χ1v) is 14.2. The molecular formula is C32H36N2O5. The van der Waals surface area contributed by atoms with E-state index in [1.54, 1.807) is 0 Å². The fourth-order valence-electron chi connectivity index (χ4n) is 5.51. The van der Waals surface area contributed by atoms with Gasteiger partial charge in [-0.2, -0.15) is 0 Å². The van der Waals surface area contributed by atoms with E-state index in [4.69, 9.17) is 23.3 Å². The van der Waals surface area contributed by atoms with Crippen molar-refractivity contribution in [3.63, 3.8) is 0 Å². The molecule has 6 rings (SSSR count). The quantitative estimate of drug-likeness (QED) is 0.185. The molecule has 2 heterocycles. The highest BCUT2D eigenvalue weighted by Gasteiger charge is 2.17. The smallest absolute Gasteiger partial charge is 0.163 e. The topological polar surface area (TPSA) is 79.8 Å². The van der Waals surface area contributed by atoms with Gasteiger partial charge in [0.25, 0.3) is 0 Å². The maximum Gasteiger partial charge on any atom is 0.163 e. The summed E-state index contributed by atoms with van der Waals surface area (Å²) < 4.78 is 28.7. The van der Waals surface area contributed by atoms with Gasteiger partial charge in [0.05, 0.1) is 13.2 Å². The van der Waals surface area contributed by atoms with Gasteiger partial charge in [0, 0.05) is 23.3 Å². The van der Waals surface area contributed by atoms with Crippen LogP contribution >= 0.6 is 0 Å². The summed E-state index contributed by atoms with van der Waals surface area (Å²) in [4.78, 5) is 0. The lowest BCUT2D eigenvalue weighted by Gasteiger charge is -2.11. The van der Waals surface area contributed by atoms with Gasteiger partial charge < -0.3 is 23.3 Å². The molecule has 39 heavy (non-hydrogen) atoms. The van der Waals surface area contributed by atoms with Crippen LogP contribution < -0.4 is 9.47 Å². The second kappa shape index (κ2) is 12.5. The monoisotopic (exact) mass is 528 g/mol. The summed E-state index contributed by atoms with van der Waals surface area (Å²) in [6.07, 6.45) is 10.4. The molecule has 0 saturated heterocycles. The van der Waals surface area contributed by atoms with E-state index in [1.807, 2.05) is 60.7 Å². The van der Waals surface area contributed by atoms with E-state index in [2.05, 4.69) is 10.3 Å². The van der Waals surface area contributed by atoms with Gasteiger partial charge in [-0.05, 0) is 86.1 Å². The minimum Gasteiger partial charge on any atom is -0.493 e. The van der Waals surface area contributed by atoms with E-state index in [-0.39, 0.29) is 0 Å². The summed E-state index contributed by atoms with van der Waals surface area (Å²) in [6.45, 7) is 2.19. The number of rotatable bonds is 12. The molecule has 0 unspecified atom stereocenters. The van der Waals surface area contributed by atoms with E-state index in [0.29, 0.717) is 36.6 Å². The van der Waals surface area contributed by atoms with E-state index < -0.39 is 0 Å². The highest BCUT2D eigenvalue weighted by molar-refractivity contribution is 5.60. The van der Waals surface area contributed by atoms with Crippen molar-refractivity contribution in [1.29, 1.82) is 0 Å². The molecule has 0 amide bonds. The summed E-state index contributed by atoms with van der Waals surface area (Å²) in [7, 11) is 0. The Morgan fingerprint density at radius 1 is 0.590 bits per heavy atom. The van der Waals surface area contributed by atoms with Gasteiger partial charge in [-0.1, -0.05) is 36.0 Å². The fourth-order valence-corrected chi connectivity index (χ4v) is 5.51. The highest BCUT2D eigenvalue weighted by atomic mass is 16.5. The van der Waals surface area contributed by atoms with Gasteiger partial charge in [0.1, 0.15) is 36.1 Å². The Balaban J connectivity index is 0.952. The number of benzene rings is 2. The molecule has 7 heteroatoms. The molecule has 2 aromatic heterocycles. The molecule has 7 nitrogen and oxygen atoms in total. The second-order valence-corrected chi connectivity index (χ2v) is 10.8. The van der Waals surface area contributed by atoms with Crippen LogP contribution in [0.15, 0.2) is 69.7 Å². The van der Waals surface area contributed by atoms with E-state index >= 15 is 0 Å². The van der Waals surface area contributed by atoms with Crippen LogP contribution in [0.25, 0.3) is 22.5 Å². The first-order chi connectivity index (χ1) is 19.3. The van der Waals surface area contributed by atoms with Crippen molar-refractivity contribution in [2.75, 3.05) is 13.2 Å². The van der Waals surface area contributed by atoms with Gasteiger partial charge in [-0.25, -0.2) is 0 Å². The summed E-state index contributed by atoms with van der Waals surface area (Å²) in [6, 6.07) is 19.8. The van der Waals surface area contributed by atoms with Crippen LogP contribution in [-0.4, -0.2) is 23.5 Å². The van der Waals surface area contributed by atoms with Crippen LogP contribution in [0.5, 0.6) is 11.5 Å². The third-order valence-electron chi connectivity index (χ3n) is 7.83. The van der Waals surface area contributed by atoms with Gasteiger partial charge in [-0.15, -0.1) is 0 Å². The minimum absolute atomic E-state index is 0.290. The van der Waals surface area contributed by atoms with E-state index in [9.17, 15) is 0 Å². The molecular weight excluding hydrogens is 492 g/mol. The van der Waals surface area contributed by atoms with Crippen molar-refractivity contribution in [1.82, 2.24) is 10.3 Å². The van der Waals surface area contributed by atoms with Crippen molar-refractivity contribution in [3.8, 4) is 34.0 Å². The fraction of sp³-hybridized carbons (Fsp3) is 0.438. The number of hydrogen-bond acceptors (Lipinski definition) is 7. The van der Waals surface area contributed by atoms with Gasteiger partial charge in [0.2, 0.25) is 0 Å². The normalized spacial score (nSPS) is 16.2. The predicted octanol–water partition coefficient (Wildman–Crippen LogP) is 7.85. The summed E-state index contributed by atoms with van der Waals surface area (Å²) in [5.41, 5.74) is 3.50. The molecule has 204 valence electrons. The molecule has 2 aliphatic carbocycles. The highest BCUT2D eigenvalue weighted by Crippen LogP contribution is 2.28.